The molecule has 0 radical (unpaired) electrons. The van der Waals surface area contributed by atoms with Gasteiger partial charge in [-0.3, -0.25) is 0 Å². The van der Waals surface area contributed by atoms with Crippen molar-refractivity contribution >= 4 is 0 Å². The minimum absolute atomic E-state index is 1.08. The lowest BCUT2D eigenvalue weighted by Gasteiger charge is -2.01. The Morgan fingerprint density at radius 3 is 2.93 bits per heavy atom. The van der Waals surface area contributed by atoms with Gasteiger partial charge in [0, 0.05) is 0 Å². The maximum Gasteiger partial charge on any atom is -0.0113 e. The predicted octanol–water partition coefficient (Wildman–Crippen LogP) is 4.11. The monoisotopic (exact) mass is 184 g/mol. The Labute approximate surface area is 86.3 Å². The van der Waals surface area contributed by atoms with Crippen LogP contribution < -0.4 is 0 Å². The van der Waals surface area contributed by atoms with E-state index in [2.05, 4.69) is 38.3 Å². The molecule has 0 nitrogen and oxygen atoms in total. The Kier molecular flexibility index (Phi) is 3.97. The van der Waals surface area contributed by atoms with Crippen LogP contribution in [0.5, 0.6) is 0 Å². The van der Waals surface area contributed by atoms with Gasteiger partial charge in [-0.15, -0.1) is 5.73 Å². The molecule has 0 N–H and O–H groups in total. The molecular weight excluding hydrogens is 168 g/mol. The van der Waals surface area contributed by atoms with E-state index in [0.717, 1.165) is 12.0 Å². The first-order valence-electron chi connectivity index (χ1n) is 4.91. The molecule has 0 aromatic heterocycles. The molecule has 0 spiro atoms. The Bertz CT molecular complexity index is 367. The zero-order chi connectivity index (χ0) is 10.4. The minimum Gasteiger partial charge on any atom is -0.120 e. The highest BCUT2D eigenvalue weighted by molar-refractivity contribution is 5.48. The summed E-state index contributed by atoms with van der Waals surface area (Å²) in [6.07, 6.45) is 13.1. The van der Waals surface area contributed by atoms with Crippen molar-refractivity contribution in [2.45, 2.75) is 20.3 Å². The van der Waals surface area contributed by atoms with E-state index in [-0.39, 0.29) is 0 Å². The molecule has 1 rings (SSSR count). The summed E-state index contributed by atoms with van der Waals surface area (Å²) < 4.78 is 0. The van der Waals surface area contributed by atoms with E-state index in [9.17, 15) is 0 Å². The van der Waals surface area contributed by atoms with Crippen LogP contribution in [0.4, 0.5) is 0 Å². The van der Waals surface area contributed by atoms with Crippen molar-refractivity contribution in [3.63, 3.8) is 0 Å². The summed E-state index contributed by atoms with van der Waals surface area (Å²) in [5, 5.41) is 0. The Morgan fingerprint density at radius 2 is 2.29 bits per heavy atom. The van der Waals surface area contributed by atoms with Crippen LogP contribution in [-0.4, -0.2) is 0 Å². The Hall–Kier alpha value is -1.52. The fourth-order valence-electron chi connectivity index (χ4n) is 1.20. The van der Waals surface area contributed by atoms with Crippen molar-refractivity contribution in [1.82, 2.24) is 0 Å². The fraction of sp³-hybridized carbons (Fsp3) is 0.214. The average Bonchev–Trinajstić information content (AvgIpc) is 2.42. The highest BCUT2D eigenvalue weighted by Crippen LogP contribution is 2.15. The number of rotatable bonds is 3. The van der Waals surface area contributed by atoms with E-state index in [4.69, 9.17) is 0 Å². The lowest BCUT2D eigenvalue weighted by Crippen LogP contribution is -1.81. The standard InChI is InChI=1S/C14H16/c1-4-12(3)11-14-10-8-6-7-9-13(14)5-2/h5-6,8-11H,2,4H2,1,3H3. The summed E-state index contributed by atoms with van der Waals surface area (Å²) in [7, 11) is 0. The zero-order valence-corrected chi connectivity index (χ0v) is 8.88. The number of hydrogen-bond acceptors (Lipinski definition) is 0. The van der Waals surface area contributed by atoms with Gasteiger partial charge in [0.15, 0.2) is 0 Å². The van der Waals surface area contributed by atoms with E-state index in [0.29, 0.717) is 0 Å². The summed E-state index contributed by atoms with van der Waals surface area (Å²) in [5.41, 5.74) is 6.79. The van der Waals surface area contributed by atoms with Crippen molar-refractivity contribution in [2.24, 2.45) is 0 Å². The van der Waals surface area contributed by atoms with Gasteiger partial charge in [-0.1, -0.05) is 43.4 Å². The SMILES string of the molecule is C=CC1=C(C=C(C)CC)C=CC=C=C1. The normalized spacial score (nSPS) is 16.0. The highest BCUT2D eigenvalue weighted by atomic mass is 14.0. The molecule has 0 aromatic carbocycles. The summed E-state index contributed by atoms with van der Waals surface area (Å²) in [6, 6.07) is 0. The van der Waals surface area contributed by atoms with Crippen molar-refractivity contribution in [3.05, 3.63) is 65.5 Å². The molecule has 0 heteroatoms. The average molecular weight is 184 g/mol. The molecule has 0 aromatic rings. The molecule has 0 bridgehead atoms. The molecule has 0 atom stereocenters. The first-order valence-corrected chi connectivity index (χ1v) is 4.91. The van der Waals surface area contributed by atoms with Crippen LogP contribution in [-0.2, 0) is 0 Å². The van der Waals surface area contributed by atoms with Gasteiger partial charge < -0.3 is 0 Å². The van der Waals surface area contributed by atoms with Crippen LogP contribution in [0.1, 0.15) is 20.3 Å². The lowest BCUT2D eigenvalue weighted by atomic mass is 10.0. The van der Waals surface area contributed by atoms with Gasteiger partial charge in [0.05, 0.1) is 0 Å². The van der Waals surface area contributed by atoms with E-state index < -0.39 is 0 Å². The minimum atomic E-state index is 1.08. The first kappa shape index (κ1) is 10.6. The molecule has 0 unspecified atom stereocenters. The summed E-state index contributed by atoms with van der Waals surface area (Å²) in [5.74, 6) is 0. The molecule has 1 aliphatic carbocycles. The van der Waals surface area contributed by atoms with Gasteiger partial charge in [0.1, 0.15) is 0 Å². The van der Waals surface area contributed by atoms with Crippen LogP contribution in [0.3, 0.4) is 0 Å². The number of hydrogen-bond donors (Lipinski definition) is 0. The van der Waals surface area contributed by atoms with Crippen molar-refractivity contribution in [2.75, 3.05) is 0 Å². The van der Waals surface area contributed by atoms with Crippen molar-refractivity contribution in [3.8, 4) is 0 Å². The second-order valence-corrected chi connectivity index (χ2v) is 3.30. The van der Waals surface area contributed by atoms with Crippen LogP contribution >= 0.6 is 0 Å². The molecule has 0 saturated carbocycles. The molecule has 14 heavy (non-hydrogen) atoms. The maximum atomic E-state index is 3.80. The third-order valence-electron chi connectivity index (χ3n) is 2.22. The first-order chi connectivity index (χ1) is 6.77. The van der Waals surface area contributed by atoms with Crippen LogP contribution in [0.2, 0.25) is 0 Å². The lowest BCUT2D eigenvalue weighted by molar-refractivity contribution is 1.10. The second kappa shape index (κ2) is 5.26. The Balaban J connectivity index is 3.11. The van der Waals surface area contributed by atoms with Crippen LogP contribution in [0.15, 0.2) is 65.5 Å². The van der Waals surface area contributed by atoms with Crippen molar-refractivity contribution in [1.29, 1.82) is 0 Å². The van der Waals surface area contributed by atoms with Gasteiger partial charge in [0.2, 0.25) is 0 Å². The van der Waals surface area contributed by atoms with Gasteiger partial charge in [-0.2, -0.15) is 0 Å². The third kappa shape index (κ3) is 2.76. The molecular formula is C14H16. The van der Waals surface area contributed by atoms with E-state index in [1.54, 1.807) is 0 Å². The van der Waals surface area contributed by atoms with Crippen LogP contribution in [0.25, 0.3) is 0 Å². The maximum absolute atomic E-state index is 3.80. The molecule has 0 aliphatic heterocycles. The topological polar surface area (TPSA) is 0 Å². The molecule has 72 valence electrons. The van der Waals surface area contributed by atoms with Crippen LogP contribution in [0, 0.1) is 0 Å². The largest absolute Gasteiger partial charge is 0.120 e. The van der Waals surface area contributed by atoms with Gasteiger partial charge in [-0.25, -0.2) is 0 Å². The smallest absolute Gasteiger partial charge is 0.0113 e. The van der Waals surface area contributed by atoms with E-state index in [1.807, 2.05) is 24.3 Å². The predicted molar refractivity (Wildman–Crippen MR) is 63.1 cm³/mol. The highest BCUT2D eigenvalue weighted by Gasteiger charge is 1.96. The van der Waals surface area contributed by atoms with Gasteiger partial charge in [0.25, 0.3) is 0 Å². The zero-order valence-electron chi connectivity index (χ0n) is 8.88. The van der Waals surface area contributed by atoms with Gasteiger partial charge in [-0.05, 0) is 36.6 Å². The molecule has 0 saturated heterocycles. The summed E-state index contributed by atoms with van der Waals surface area (Å²) >= 11 is 0. The molecule has 1 aliphatic rings. The second-order valence-electron chi connectivity index (χ2n) is 3.30. The third-order valence-corrected chi connectivity index (χ3v) is 2.22. The summed E-state index contributed by atoms with van der Waals surface area (Å²) in [4.78, 5) is 0. The van der Waals surface area contributed by atoms with Gasteiger partial charge >= 0.3 is 0 Å². The van der Waals surface area contributed by atoms with E-state index >= 15 is 0 Å². The Morgan fingerprint density at radius 1 is 1.50 bits per heavy atom. The van der Waals surface area contributed by atoms with Crippen molar-refractivity contribution < 1.29 is 0 Å². The number of allylic oxidation sites excluding steroid dienone is 8. The molecule has 0 heterocycles. The quantitative estimate of drug-likeness (QED) is 0.579. The summed E-state index contributed by atoms with van der Waals surface area (Å²) in [6.45, 7) is 8.11. The fourth-order valence-corrected chi connectivity index (χ4v) is 1.20. The molecule has 0 fully saturated rings. The molecule has 0 amide bonds. The van der Waals surface area contributed by atoms with E-state index in [1.165, 1.54) is 11.1 Å².